The number of nitrogens with zero attached hydrogens (tertiary/aromatic N) is 1. The molecule has 0 bridgehead atoms. The first kappa shape index (κ1) is 10.0. The lowest BCUT2D eigenvalue weighted by molar-refractivity contribution is 0.0703. The molecule has 0 unspecified atom stereocenters. The van der Waals surface area contributed by atoms with Gasteiger partial charge in [-0.1, -0.05) is 6.07 Å². The molecule has 0 fully saturated rings. The Bertz CT molecular complexity index is 685. The van der Waals surface area contributed by atoms with Gasteiger partial charge < -0.3 is 10.1 Å². The van der Waals surface area contributed by atoms with E-state index in [4.69, 9.17) is 0 Å². The third kappa shape index (κ3) is 1.52. The highest BCUT2D eigenvalue weighted by Crippen LogP contribution is 2.36. The van der Waals surface area contributed by atoms with Gasteiger partial charge in [0.25, 0.3) is 0 Å². The van der Waals surface area contributed by atoms with Crippen LogP contribution in [-0.2, 0) is 0 Å². The summed E-state index contributed by atoms with van der Waals surface area (Å²) in [4.78, 5) is 18.8. The van der Waals surface area contributed by atoms with Crippen molar-refractivity contribution in [1.29, 1.82) is 0 Å². The van der Waals surface area contributed by atoms with E-state index in [1.165, 1.54) is 11.3 Å². The predicted octanol–water partition coefficient (Wildman–Crippen LogP) is 2.99. The van der Waals surface area contributed by atoms with E-state index in [1.807, 2.05) is 24.3 Å². The minimum Gasteiger partial charge on any atom is -0.477 e. The van der Waals surface area contributed by atoms with E-state index in [-0.39, 0.29) is 0 Å². The first-order valence-corrected chi connectivity index (χ1v) is 5.83. The van der Waals surface area contributed by atoms with Gasteiger partial charge in [0, 0.05) is 18.0 Å². The number of carboxylic acid groups (broad SMARTS) is 1. The zero-order chi connectivity index (χ0) is 11.8. The number of hydrogen-bond acceptors (Lipinski definition) is 3. The van der Waals surface area contributed by atoms with Crippen LogP contribution in [0.3, 0.4) is 0 Å². The molecule has 0 aliphatic carbocycles. The van der Waals surface area contributed by atoms with E-state index in [9.17, 15) is 9.90 Å². The molecule has 3 heterocycles. The summed E-state index contributed by atoms with van der Waals surface area (Å²) >= 11 is 1.26. The number of nitrogens with one attached hydrogen (secondary N) is 1. The second-order valence-electron chi connectivity index (χ2n) is 3.54. The quantitative estimate of drug-likeness (QED) is 0.728. The summed E-state index contributed by atoms with van der Waals surface area (Å²) in [5, 5.41) is 9.22. The maximum Gasteiger partial charge on any atom is 0.346 e. The molecular formula is C12H8N2O2S. The smallest absolute Gasteiger partial charge is 0.346 e. The number of aromatic nitrogens is 2. The van der Waals surface area contributed by atoms with Crippen molar-refractivity contribution >= 4 is 27.5 Å². The van der Waals surface area contributed by atoms with Crippen LogP contribution in [0, 0.1) is 0 Å². The SMILES string of the molecule is O=C(O)c1sc2cc[nH]c2c1-c1ccccn1. The van der Waals surface area contributed by atoms with E-state index in [1.54, 1.807) is 12.4 Å². The van der Waals surface area contributed by atoms with Gasteiger partial charge in [0.05, 0.1) is 15.9 Å². The number of rotatable bonds is 2. The van der Waals surface area contributed by atoms with E-state index in [2.05, 4.69) is 9.97 Å². The highest BCUT2D eigenvalue weighted by molar-refractivity contribution is 7.21. The lowest BCUT2D eigenvalue weighted by atomic mass is 10.1. The molecule has 84 valence electrons. The second kappa shape index (κ2) is 3.71. The first-order chi connectivity index (χ1) is 8.27. The molecule has 4 nitrogen and oxygen atoms in total. The van der Waals surface area contributed by atoms with Crippen LogP contribution in [0.25, 0.3) is 21.5 Å². The number of hydrogen-bond donors (Lipinski definition) is 2. The van der Waals surface area contributed by atoms with Crippen LogP contribution >= 0.6 is 11.3 Å². The summed E-state index contributed by atoms with van der Waals surface area (Å²) in [6.45, 7) is 0. The molecule has 3 aromatic heterocycles. The van der Waals surface area contributed by atoms with Crippen molar-refractivity contribution in [2.45, 2.75) is 0 Å². The van der Waals surface area contributed by atoms with E-state index >= 15 is 0 Å². The van der Waals surface area contributed by atoms with Gasteiger partial charge in [-0.2, -0.15) is 0 Å². The number of aromatic carboxylic acids is 1. The lowest BCUT2D eigenvalue weighted by Crippen LogP contribution is -1.95. The molecule has 0 saturated carbocycles. The van der Waals surface area contributed by atoms with Crippen molar-refractivity contribution in [3.8, 4) is 11.3 Å². The summed E-state index contributed by atoms with van der Waals surface area (Å²) in [6, 6.07) is 7.34. The third-order valence-electron chi connectivity index (χ3n) is 2.51. The minimum absolute atomic E-state index is 0.325. The van der Waals surface area contributed by atoms with Crippen LogP contribution in [0.5, 0.6) is 0 Å². The largest absolute Gasteiger partial charge is 0.477 e. The van der Waals surface area contributed by atoms with Crippen molar-refractivity contribution in [2.24, 2.45) is 0 Å². The molecule has 0 atom stereocenters. The predicted molar refractivity (Wildman–Crippen MR) is 66.4 cm³/mol. The van der Waals surface area contributed by atoms with Gasteiger partial charge in [-0.3, -0.25) is 4.98 Å². The van der Waals surface area contributed by atoms with E-state index in [0.29, 0.717) is 16.1 Å². The Morgan fingerprint density at radius 1 is 1.35 bits per heavy atom. The summed E-state index contributed by atoms with van der Waals surface area (Å²) in [5.74, 6) is -0.916. The molecule has 3 rings (SSSR count). The number of carbonyl (C=O) groups is 1. The molecule has 5 heteroatoms. The van der Waals surface area contributed by atoms with Crippen LogP contribution < -0.4 is 0 Å². The maximum absolute atomic E-state index is 11.2. The van der Waals surface area contributed by atoms with Gasteiger partial charge in [-0.15, -0.1) is 11.3 Å². The molecule has 0 aliphatic heterocycles. The van der Waals surface area contributed by atoms with E-state index in [0.717, 1.165) is 10.2 Å². The standard InChI is InChI=1S/C12H8N2O2S/c15-12(16)11-9(7-3-1-2-5-13-7)10-8(17-11)4-6-14-10/h1-6,14H,(H,15,16). The van der Waals surface area contributed by atoms with Crippen molar-refractivity contribution in [2.75, 3.05) is 0 Å². The Labute approximate surface area is 101 Å². The molecule has 0 radical (unpaired) electrons. The fourth-order valence-electron chi connectivity index (χ4n) is 1.82. The second-order valence-corrected chi connectivity index (χ2v) is 4.60. The lowest BCUT2D eigenvalue weighted by Gasteiger charge is -1.99. The molecular weight excluding hydrogens is 236 g/mol. The summed E-state index contributed by atoms with van der Waals surface area (Å²) in [6.07, 6.45) is 3.46. The van der Waals surface area contributed by atoms with Crippen LogP contribution in [-0.4, -0.2) is 21.0 Å². The molecule has 0 aliphatic rings. The monoisotopic (exact) mass is 244 g/mol. The zero-order valence-electron chi connectivity index (χ0n) is 8.68. The van der Waals surface area contributed by atoms with Crippen LogP contribution in [0.4, 0.5) is 0 Å². The van der Waals surface area contributed by atoms with Gasteiger partial charge >= 0.3 is 5.97 Å². The molecule has 17 heavy (non-hydrogen) atoms. The highest BCUT2D eigenvalue weighted by atomic mass is 32.1. The zero-order valence-corrected chi connectivity index (χ0v) is 9.49. The van der Waals surface area contributed by atoms with Crippen molar-refractivity contribution in [3.63, 3.8) is 0 Å². The van der Waals surface area contributed by atoms with E-state index < -0.39 is 5.97 Å². The average Bonchev–Trinajstić information content (AvgIpc) is 2.89. The topological polar surface area (TPSA) is 66.0 Å². The normalized spacial score (nSPS) is 10.8. The van der Waals surface area contributed by atoms with Crippen molar-refractivity contribution < 1.29 is 9.90 Å². The number of thiophene rings is 1. The molecule has 3 aromatic rings. The van der Waals surface area contributed by atoms with Gasteiger partial charge in [-0.05, 0) is 18.2 Å². The first-order valence-electron chi connectivity index (χ1n) is 5.02. The fraction of sp³-hybridized carbons (Fsp3) is 0. The number of aromatic amines is 1. The van der Waals surface area contributed by atoms with Crippen LogP contribution in [0.15, 0.2) is 36.7 Å². The van der Waals surface area contributed by atoms with Gasteiger partial charge in [0.15, 0.2) is 0 Å². The Morgan fingerprint density at radius 3 is 2.94 bits per heavy atom. The van der Waals surface area contributed by atoms with Crippen LogP contribution in [0.1, 0.15) is 9.67 Å². The number of fused-ring (bicyclic) bond motifs is 1. The van der Waals surface area contributed by atoms with Gasteiger partial charge in [0.1, 0.15) is 4.88 Å². The summed E-state index contributed by atoms with van der Waals surface area (Å²) in [7, 11) is 0. The maximum atomic E-state index is 11.2. The Hall–Kier alpha value is -2.14. The Kier molecular flexibility index (Phi) is 2.19. The fourth-order valence-corrected chi connectivity index (χ4v) is 2.83. The Morgan fingerprint density at radius 2 is 2.24 bits per heavy atom. The van der Waals surface area contributed by atoms with Gasteiger partial charge in [-0.25, -0.2) is 4.79 Å². The molecule has 2 N–H and O–H groups in total. The number of H-pyrrole nitrogens is 1. The van der Waals surface area contributed by atoms with Crippen molar-refractivity contribution in [1.82, 2.24) is 9.97 Å². The Balaban J connectivity index is 2.36. The number of carboxylic acids is 1. The average molecular weight is 244 g/mol. The molecule has 0 aromatic carbocycles. The third-order valence-corrected chi connectivity index (χ3v) is 3.66. The molecule has 0 amide bonds. The van der Waals surface area contributed by atoms with Gasteiger partial charge in [0.2, 0.25) is 0 Å². The van der Waals surface area contributed by atoms with Crippen molar-refractivity contribution in [3.05, 3.63) is 41.5 Å². The summed E-state index contributed by atoms with van der Waals surface area (Å²) in [5.41, 5.74) is 2.19. The highest BCUT2D eigenvalue weighted by Gasteiger charge is 2.20. The summed E-state index contributed by atoms with van der Waals surface area (Å²) < 4.78 is 0.933. The molecule has 0 spiro atoms. The molecule has 0 saturated heterocycles. The number of pyridine rings is 1. The minimum atomic E-state index is -0.916. The van der Waals surface area contributed by atoms with Crippen LogP contribution in [0.2, 0.25) is 0 Å².